The second kappa shape index (κ2) is 12.6. The van der Waals surface area contributed by atoms with Gasteiger partial charge < -0.3 is 20.1 Å². The first-order valence-electron chi connectivity index (χ1n) is 10.9. The van der Waals surface area contributed by atoms with Crippen LogP contribution >= 0.6 is 46.6 Å². The van der Waals surface area contributed by atoms with E-state index in [1.807, 2.05) is 0 Å². The van der Waals surface area contributed by atoms with E-state index in [0.717, 1.165) is 18.9 Å². The highest BCUT2D eigenvalue weighted by Crippen LogP contribution is 2.44. The number of carbonyl (C=O) groups is 3. The maximum atomic E-state index is 13.0. The van der Waals surface area contributed by atoms with E-state index in [-0.39, 0.29) is 38.1 Å². The summed E-state index contributed by atoms with van der Waals surface area (Å²) >= 11 is 19.8. The molecule has 0 aromatic heterocycles. The van der Waals surface area contributed by atoms with Crippen LogP contribution < -0.4 is 15.4 Å². The standard InChI is InChI=1S/C25H22Cl3N3O5S/c1-4-36-22-16(27)8-13(9-17(22)28)20-14(10-29)24(31-23(33)21(20)25(34)35-3)37-11-19(32)30-18-7-5-6-15(26)12(18)2/h5-9,20-21H,4,11H2,1-3H3,(H,30,32)(H,31,33)/t20-,21+/m1/s1. The van der Waals surface area contributed by atoms with E-state index in [1.54, 1.807) is 32.0 Å². The van der Waals surface area contributed by atoms with Crippen molar-refractivity contribution in [1.82, 2.24) is 5.32 Å². The number of nitrogens with zero attached hydrogens (tertiary/aromatic N) is 1. The third-order valence-electron chi connectivity index (χ3n) is 5.54. The molecule has 194 valence electrons. The fraction of sp³-hybridized carbons (Fsp3) is 0.280. The Morgan fingerprint density at radius 1 is 1.19 bits per heavy atom. The molecular formula is C25H22Cl3N3O5S. The van der Waals surface area contributed by atoms with Crippen LogP contribution in [-0.4, -0.2) is 37.3 Å². The van der Waals surface area contributed by atoms with Crippen molar-refractivity contribution in [2.24, 2.45) is 5.92 Å². The molecule has 8 nitrogen and oxygen atoms in total. The Morgan fingerprint density at radius 2 is 1.86 bits per heavy atom. The number of benzene rings is 2. The van der Waals surface area contributed by atoms with E-state index in [0.29, 0.717) is 28.4 Å². The number of nitriles is 1. The van der Waals surface area contributed by atoms with Gasteiger partial charge in [-0.05, 0) is 49.2 Å². The third-order valence-corrected chi connectivity index (χ3v) is 7.53. The molecule has 3 rings (SSSR count). The number of esters is 1. The van der Waals surface area contributed by atoms with Crippen molar-refractivity contribution < 1.29 is 23.9 Å². The van der Waals surface area contributed by atoms with Gasteiger partial charge in [0.05, 0.1) is 46.2 Å². The molecule has 2 amide bonds. The molecule has 2 aromatic carbocycles. The lowest BCUT2D eigenvalue weighted by atomic mass is 9.78. The molecule has 2 aromatic rings. The summed E-state index contributed by atoms with van der Waals surface area (Å²) in [5.74, 6) is -4.23. The van der Waals surface area contributed by atoms with Gasteiger partial charge in [0, 0.05) is 16.6 Å². The molecule has 12 heteroatoms. The zero-order chi connectivity index (χ0) is 27.3. The Bertz CT molecular complexity index is 1300. The van der Waals surface area contributed by atoms with E-state index in [9.17, 15) is 19.6 Å². The number of halogens is 3. The van der Waals surface area contributed by atoms with Crippen LogP contribution in [0.15, 0.2) is 40.9 Å². The number of ether oxygens (including phenoxy) is 2. The lowest BCUT2D eigenvalue weighted by molar-refractivity contribution is -0.150. The van der Waals surface area contributed by atoms with Crippen molar-refractivity contribution in [1.29, 1.82) is 5.26 Å². The summed E-state index contributed by atoms with van der Waals surface area (Å²) in [4.78, 5) is 38.3. The van der Waals surface area contributed by atoms with Crippen LogP contribution in [0, 0.1) is 24.2 Å². The van der Waals surface area contributed by atoms with Gasteiger partial charge in [-0.15, -0.1) is 0 Å². The normalized spacial score (nSPS) is 17.1. The number of rotatable bonds is 8. The van der Waals surface area contributed by atoms with Crippen molar-refractivity contribution in [3.63, 3.8) is 0 Å². The van der Waals surface area contributed by atoms with Gasteiger partial charge in [-0.3, -0.25) is 14.4 Å². The molecule has 0 saturated heterocycles. The lowest BCUT2D eigenvalue weighted by Crippen LogP contribution is -2.44. The number of anilines is 1. The van der Waals surface area contributed by atoms with Gasteiger partial charge in [0.1, 0.15) is 5.92 Å². The van der Waals surface area contributed by atoms with E-state index < -0.39 is 23.7 Å². The molecule has 0 radical (unpaired) electrons. The van der Waals surface area contributed by atoms with Gasteiger partial charge >= 0.3 is 5.97 Å². The fourth-order valence-electron chi connectivity index (χ4n) is 3.79. The van der Waals surface area contributed by atoms with E-state index >= 15 is 0 Å². The van der Waals surface area contributed by atoms with Crippen LogP contribution in [0.5, 0.6) is 5.75 Å². The number of hydrogen-bond acceptors (Lipinski definition) is 7. The van der Waals surface area contributed by atoms with E-state index in [4.69, 9.17) is 44.3 Å². The topological polar surface area (TPSA) is 118 Å². The van der Waals surface area contributed by atoms with Gasteiger partial charge in [-0.25, -0.2) is 0 Å². The lowest BCUT2D eigenvalue weighted by Gasteiger charge is -2.31. The summed E-state index contributed by atoms with van der Waals surface area (Å²) in [7, 11) is 1.15. The molecule has 0 spiro atoms. The minimum Gasteiger partial charge on any atom is -0.491 e. The van der Waals surface area contributed by atoms with Crippen molar-refractivity contribution in [2.75, 3.05) is 24.8 Å². The maximum absolute atomic E-state index is 13.0. The summed E-state index contributed by atoms with van der Waals surface area (Å²) in [6.07, 6.45) is 0. The summed E-state index contributed by atoms with van der Waals surface area (Å²) in [6, 6.07) is 10.2. The fourth-order valence-corrected chi connectivity index (χ4v) is 5.42. The molecule has 0 aliphatic carbocycles. The number of nitrogens with one attached hydrogen (secondary N) is 2. The summed E-state index contributed by atoms with van der Waals surface area (Å²) in [5.41, 5.74) is 1.65. The molecule has 0 fully saturated rings. The highest BCUT2D eigenvalue weighted by molar-refractivity contribution is 8.03. The molecule has 1 heterocycles. The molecule has 0 bridgehead atoms. The Kier molecular flexibility index (Phi) is 9.74. The first-order valence-corrected chi connectivity index (χ1v) is 13.1. The Hall–Kier alpha value is -2.90. The highest BCUT2D eigenvalue weighted by Gasteiger charge is 2.44. The third kappa shape index (κ3) is 6.33. The van der Waals surface area contributed by atoms with Crippen LogP contribution in [0.4, 0.5) is 5.69 Å². The second-order valence-electron chi connectivity index (χ2n) is 7.82. The van der Waals surface area contributed by atoms with Crippen molar-refractivity contribution in [3.05, 3.63) is 67.1 Å². The number of thioether (sulfide) groups is 1. The Morgan fingerprint density at radius 3 is 2.46 bits per heavy atom. The summed E-state index contributed by atoms with van der Waals surface area (Å²) in [5, 5.41) is 16.3. The summed E-state index contributed by atoms with van der Waals surface area (Å²) < 4.78 is 10.3. The number of hydrogen-bond donors (Lipinski definition) is 2. The molecule has 1 aliphatic heterocycles. The van der Waals surface area contributed by atoms with Crippen molar-refractivity contribution in [3.8, 4) is 11.8 Å². The molecule has 0 saturated carbocycles. The molecule has 37 heavy (non-hydrogen) atoms. The number of methoxy groups -OCH3 is 1. The predicted octanol–water partition coefficient (Wildman–Crippen LogP) is 5.46. The molecule has 2 atom stereocenters. The van der Waals surface area contributed by atoms with Crippen LogP contribution in [0.2, 0.25) is 15.1 Å². The van der Waals surface area contributed by atoms with E-state index in [2.05, 4.69) is 16.7 Å². The molecular weight excluding hydrogens is 561 g/mol. The predicted molar refractivity (Wildman–Crippen MR) is 144 cm³/mol. The Labute approximate surface area is 233 Å². The van der Waals surface area contributed by atoms with Crippen molar-refractivity contribution in [2.45, 2.75) is 19.8 Å². The maximum Gasteiger partial charge on any atom is 0.319 e. The first kappa shape index (κ1) is 28.7. The molecule has 1 aliphatic rings. The minimum atomic E-state index is -1.38. The van der Waals surface area contributed by atoms with Gasteiger partial charge in [-0.2, -0.15) is 5.26 Å². The van der Waals surface area contributed by atoms with Gasteiger partial charge in [0.25, 0.3) is 0 Å². The van der Waals surface area contributed by atoms with Crippen molar-refractivity contribution >= 4 is 70.0 Å². The monoisotopic (exact) mass is 581 g/mol. The zero-order valence-electron chi connectivity index (χ0n) is 20.0. The Balaban J connectivity index is 1.97. The van der Waals surface area contributed by atoms with Crippen LogP contribution in [0.1, 0.15) is 24.0 Å². The molecule has 0 unspecified atom stereocenters. The smallest absolute Gasteiger partial charge is 0.319 e. The van der Waals surface area contributed by atoms with Crippen LogP contribution in [-0.2, 0) is 19.1 Å². The first-order chi connectivity index (χ1) is 17.6. The number of amides is 2. The highest BCUT2D eigenvalue weighted by atomic mass is 35.5. The summed E-state index contributed by atoms with van der Waals surface area (Å²) in [6.45, 7) is 3.85. The SMILES string of the molecule is CCOc1c(Cl)cc([C@@H]2C(C#N)=C(SCC(=O)Nc3cccc(Cl)c3C)NC(=O)[C@H]2C(=O)OC)cc1Cl. The van der Waals surface area contributed by atoms with Gasteiger partial charge in [-0.1, -0.05) is 52.6 Å². The van der Waals surface area contributed by atoms with E-state index in [1.165, 1.54) is 12.1 Å². The average molecular weight is 583 g/mol. The quantitative estimate of drug-likeness (QED) is 0.313. The molecule has 2 N–H and O–H groups in total. The van der Waals surface area contributed by atoms with Crippen LogP contribution in [0.3, 0.4) is 0 Å². The zero-order valence-corrected chi connectivity index (χ0v) is 23.1. The van der Waals surface area contributed by atoms with Gasteiger partial charge in [0.15, 0.2) is 5.75 Å². The average Bonchev–Trinajstić information content (AvgIpc) is 2.86. The number of allylic oxidation sites excluding steroid dienone is 1. The largest absolute Gasteiger partial charge is 0.491 e. The number of carbonyl (C=O) groups excluding carboxylic acids is 3. The minimum absolute atomic E-state index is 0.0584. The van der Waals surface area contributed by atoms with Crippen LogP contribution in [0.25, 0.3) is 0 Å². The van der Waals surface area contributed by atoms with Gasteiger partial charge in [0.2, 0.25) is 11.8 Å². The second-order valence-corrected chi connectivity index (χ2v) is 10.0.